The SMILES string of the molecule is COc1cc(OCc2cccc(-c3cccc(COc4cc(OCc5cncc(C#N)c5)c(CNCC(O)C(=O)O)cc4Cl)c3C)c2C)c(Cl)cc1CNCC(O)C(=O)O. The number of carbonyl (C=O) groups is 2. The van der Waals surface area contributed by atoms with E-state index < -0.39 is 24.1 Å². The van der Waals surface area contributed by atoms with Crippen LogP contribution in [0.25, 0.3) is 11.1 Å². The molecule has 0 saturated heterocycles. The molecule has 0 bridgehead atoms. The number of aromatic nitrogens is 1. The summed E-state index contributed by atoms with van der Waals surface area (Å²) in [5.74, 6) is -1.03. The van der Waals surface area contributed by atoms with E-state index in [2.05, 4.69) is 21.7 Å². The molecule has 0 aliphatic carbocycles. The minimum atomic E-state index is -1.59. The van der Waals surface area contributed by atoms with E-state index in [1.54, 1.807) is 36.5 Å². The maximum absolute atomic E-state index is 11.1. The number of nitrogens with zero attached hydrogens (tertiary/aromatic N) is 2. The Kier molecular flexibility index (Phi) is 16.1. The summed E-state index contributed by atoms with van der Waals surface area (Å²) >= 11 is 13.3. The van der Waals surface area contributed by atoms with E-state index in [1.165, 1.54) is 13.3 Å². The molecule has 16 heteroatoms. The van der Waals surface area contributed by atoms with Crippen molar-refractivity contribution in [1.82, 2.24) is 15.6 Å². The predicted octanol–water partition coefficient (Wildman–Crippen LogP) is 6.36. The monoisotopic (exact) mass is 858 g/mol. The molecule has 0 fully saturated rings. The number of hydrogen-bond acceptors (Lipinski definition) is 12. The molecule has 0 amide bonds. The zero-order chi connectivity index (χ0) is 43.3. The number of nitriles is 1. The molecule has 0 spiro atoms. The summed E-state index contributed by atoms with van der Waals surface area (Å²) in [6, 6.07) is 22.3. The molecule has 0 radical (unpaired) electrons. The molecule has 314 valence electrons. The summed E-state index contributed by atoms with van der Waals surface area (Å²) in [5.41, 5.74) is 8.11. The van der Waals surface area contributed by atoms with E-state index >= 15 is 0 Å². The summed E-state index contributed by atoms with van der Waals surface area (Å²) in [7, 11) is 1.51. The molecular formula is C44H44Cl2N4O10. The molecule has 1 aromatic heterocycles. The van der Waals surface area contributed by atoms with Crippen LogP contribution in [0.2, 0.25) is 10.0 Å². The standard InChI is InChI=1S/C44H44Cl2N4O10/c1-25-29(23-59-41-13-39(57-3)31(11-35(41)45)18-49-20-37(51)43(53)54)6-4-8-33(25)34-9-5-7-30(26(34)2)24-60-42-14-40(58-22-28-10-27(15-47)16-48-17-28)32(12-36(42)46)19-50-21-38(52)44(55)56/h4-14,16-17,37-38,49-52H,18-24H2,1-3H3,(H,53,54)(H,55,56). The molecule has 2 atom stereocenters. The second-order valence-electron chi connectivity index (χ2n) is 13.7. The number of carboxylic acid groups (broad SMARTS) is 2. The minimum absolute atomic E-state index is 0.0776. The lowest BCUT2D eigenvalue weighted by molar-refractivity contribution is -0.147. The largest absolute Gasteiger partial charge is 0.496 e. The van der Waals surface area contributed by atoms with Crippen molar-refractivity contribution in [2.24, 2.45) is 0 Å². The first-order valence-corrected chi connectivity index (χ1v) is 19.4. The van der Waals surface area contributed by atoms with E-state index in [1.807, 2.05) is 50.2 Å². The first-order chi connectivity index (χ1) is 28.8. The van der Waals surface area contributed by atoms with Crippen molar-refractivity contribution in [3.63, 3.8) is 0 Å². The van der Waals surface area contributed by atoms with Gasteiger partial charge >= 0.3 is 11.9 Å². The molecule has 5 aromatic rings. The number of nitrogens with one attached hydrogen (secondary N) is 2. The zero-order valence-electron chi connectivity index (χ0n) is 33.0. The normalized spacial score (nSPS) is 12.0. The van der Waals surface area contributed by atoms with Gasteiger partial charge in [0.05, 0.1) is 22.7 Å². The third-order valence-corrected chi connectivity index (χ3v) is 10.2. The number of halogens is 2. The Morgan fingerprint density at radius 1 is 0.700 bits per heavy atom. The van der Waals surface area contributed by atoms with Crippen molar-refractivity contribution in [3.8, 4) is 40.2 Å². The van der Waals surface area contributed by atoms with Gasteiger partial charge in [-0.05, 0) is 65.4 Å². The van der Waals surface area contributed by atoms with Crippen molar-refractivity contribution in [2.45, 2.75) is 59.0 Å². The highest BCUT2D eigenvalue weighted by atomic mass is 35.5. The predicted molar refractivity (Wildman–Crippen MR) is 223 cm³/mol. The van der Waals surface area contributed by atoms with Crippen LogP contribution in [0.4, 0.5) is 0 Å². The first-order valence-electron chi connectivity index (χ1n) is 18.6. The number of rotatable bonds is 21. The van der Waals surface area contributed by atoms with Crippen molar-refractivity contribution in [1.29, 1.82) is 5.26 Å². The van der Waals surface area contributed by atoms with E-state index in [4.69, 9.17) is 52.4 Å². The van der Waals surface area contributed by atoms with Crippen LogP contribution in [0.15, 0.2) is 79.1 Å². The summed E-state index contributed by atoms with van der Waals surface area (Å²) in [4.78, 5) is 26.1. The number of pyridine rings is 1. The molecule has 1 heterocycles. The van der Waals surface area contributed by atoms with Gasteiger partial charge in [0.2, 0.25) is 0 Å². The van der Waals surface area contributed by atoms with E-state index in [-0.39, 0.29) is 46.0 Å². The summed E-state index contributed by atoms with van der Waals surface area (Å²) in [6.45, 7) is 4.49. The Labute approximate surface area is 356 Å². The molecule has 0 aliphatic heterocycles. The second kappa shape index (κ2) is 21.4. The summed E-state index contributed by atoms with van der Waals surface area (Å²) in [5, 5.41) is 53.0. The highest BCUT2D eigenvalue weighted by Gasteiger charge is 2.18. The number of aliphatic hydroxyl groups is 2. The zero-order valence-corrected chi connectivity index (χ0v) is 34.5. The molecule has 4 aromatic carbocycles. The maximum Gasteiger partial charge on any atom is 0.333 e. The fourth-order valence-corrected chi connectivity index (χ4v) is 6.68. The highest BCUT2D eigenvalue weighted by Crippen LogP contribution is 2.37. The number of aliphatic hydroxyl groups excluding tert-OH is 2. The molecular weight excluding hydrogens is 815 g/mol. The number of carboxylic acids is 2. The molecule has 0 saturated carbocycles. The maximum atomic E-state index is 11.1. The Hall–Kier alpha value is -5.92. The van der Waals surface area contributed by atoms with Gasteiger partial charge in [-0.15, -0.1) is 0 Å². The summed E-state index contributed by atoms with van der Waals surface area (Å²) < 4.78 is 24.1. The molecule has 6 N–H and O–H groups in total. The lowest BCUT2D eigenvalue weighted by atomic mass is 9.92. The van der Waals surface area contributed by atoms with Crippen LogP contribution in [0, 0.1) is 25.2 Å². The number of methoxy groups -OCH3 is 1. The van der Waals surface area contributed by atoms with Gasteiger partial charge in [-0.25, -0.2) is 9.59 Å². The van der Waals surface area contributed by atoms with Crippen molar-refractivity contribution >= 4 is 35.1 Å². The van der Waals surface area contributed by atoms with Gasteiger partial charge < -0.3 is 50.0 Å². The van der Waals surface area contributed by atoms with Crippen LogP contribution < -0.4 is 29.6 Å². The second-order valence-corrected chi connectivity index (χ2v) is 14.5. The Morgan fingerprint density at radius 3 is 1.67 bits per heavy atom. The van der Waals surface area contributed by atoms with E-state index in [9.17, 15) is 25.1 Å². The molecule has 0 aliphatic rings. The Balaban J connectivity index is 1.31. The Morgan fingerprint density at radius 2 is 1.18 bits per heavy atom. The Bertz CT molecular complexity index is 2370. The fourth-order valence-electron chi connectivity index (χ4n) is 6.20. The average molecular weight is 860 g/mol. The van der Waals surface area contributed by atoms with Crippen molar-refractivity contribution in [2.75, 3.05) is 20.2 Å². The van der Waals surface area contributed by atoms with Crippen LogP contribution in [0.3, 0.4) is 0 Å². The van der Waals surface area contributed by atoms with Crippen LogP contribution in [0.1, 0.15) is 44.5 Å². The number of aliphatic carboxylic acids is 2. The van der Waals surface area contributed by atoms with Gasteiger partial charge in [0.25, 0.3) is 0 Å². The van der Waals surface area contributed by atoms with Crippen LogP contribution in [0.5, 0.6) is 23.0 Å². The topological polar surface area (TPSA) is 213 Å². The van der Waals surface area contributed by atoms with Crippen molar-refractivity contribution in [3.05, 3.63) is 134 Å². The summed E-state index contributed by atoms with van der Waals surface area (Å²) in [6.07, 6.45) is -0.0938. The number of benzene rings is 4. The lowest BCUT2D eigenvalue weighted by Crippen LogP contribution is -2.32. The quantitative estimate of drug-likeness (QED) is 0.0474. The molecule has 14 nitrogen and oxygen atoms in total. The van der Waals surface area contributed by atoms with E-state index in [0.717, 1.165) is 33.4 Å². The molecule has 5 rings (SSSR count). The molecule has 60 heavy (non-hydrogen) atoms. The number of hydrogen-bond donors (Lipinski definition) is 6. The van der Waals surface area contributed by atoms with Gasteiger partial charge in [0, 0.05) is 67.4 Å². The van der Waals surface area contributed by atoms with Crippen LogP contribution in [-0.4, -0.2) is 69.8 Å². The van der Waals surface area contributed by atoms with Crippen LogP contribution in [-0.2, 0) is 42.5 Å². The van der Waals surface area contributed by atoms with Gasteiger partial charge in [0.1, 0.15) is 48.9 Å². The van der Waals surface area contributed by atoms with E-state index in [0.29, 0.717) is 55.3 Å². The third-order valence-electron chi connectivity index (χ3n) is 9.59. The third kappa shape index (κ3) is 11.9. The fraction of sp³-hybridized carbons (Fsp3) is 0.273. The van der Waals surface area contributed by atoms with Gasteiger partial charge in [-0.2, -0.15) is 5.26 Å². The lowest BCUT2D eigenvalue weighted by Gasteiger charge is -2.19. The van der Waals surface area contributed by atoms with Gasteiger partial charge in [-0.1, -0.05) is 59.6 Å². The molecule has 2 unspecified atom stereocenters. The van der Waals surface area contributed by atoms with Crippen LogP contribution >= 0.6 is 23.2 Å². The van der Waals surface area contributed by atoms with Gasteiger partial charge in [-0.3, -0.25) is 4.98 Å². The average Bonchev–Trinajstić information content (AvgIpc) is 3.23. The smallest absolute Gasteiger partial charge is 0.333 e. The first kappa shape index (κ1) is 45.2. The minimum Gasteiger partial charge on any atom is -0.496 e. The van der Waals surface area contributed by atoms with Gasteiger partial charge in [0.15, 0.2) is 12.2 Å². The van der Waals surface area contributed by atoms with Crippen molar-refractivity contribution < 1.29 is 49.0 Å². The highest BCUT2D eigenvalue weighted by molar-refractivity contribution is 6.32. The number of ether oxygens (including phenoxy) is 4.